The van der Waals surface area contributed by atoms with Crippen molar-refractivity contribution in [2.75, 3.05) is 6.54 Å². The van der Waals surface area contributed by atoms with Crippen molar-refractivity contribution in [1.82, 2.24) is 15.5 Å². The Kier molecular flexibility index (Phi) is 6.46. The predicted octanol–water partition coefficient (Wildman–Crippen LogP) is 3.52. The van der Waals surface area contributed by atoms with Gasteiger partial charge in [-0.1, -0.05) is 24.3 Å². The third-order valence-electron chi connectivity index (χ3n) is 5.48. The summed E-state index contributed by atoms with van der Waals surface area (Å²) in [6, 6.07) is 6.00. The number of likely N-dealkylation sites (tertiary alicyclic amines) is 1. The maximum Gasteiger partial charge on any atom is 0.393 e. The van der Waals surface area contributed by atoms with Crippen LogP contribution in [-0.4, -0.2) is 41.6 Å². The van der Waals surface area contributed by atoms with E-state index < -0.39 is 12.6 Å². The van der Waals surface area contributed by atoms with Gasteiger partial charge in [0.15, 0.2) is 0 Å². The molecule has 0 bridgehead atoms. The summed E-state index contributed by atoms with van der Waals surface area (Å²) in [5, 5.41) is 5.58. The van der Waals surface area contributed by atoms with Crippen molar-refractivity contribution in [2.24, 2.45) is 0 Å². The topological polar surface area (TPSA) is 61.4 Å². The summed E-state index contributed by atoms with van der Waals surface area (Å²) in [5.41, 5.74) is 0.625. The van der Waals surface area contributed by atoms with E-state index in [0.29, 0.717) is 12.0 Å². The van der Waals surface area contributed by atoms with Crippen LogP contribution < -0.4 is 10.6 Å². The van der Waals surface area contributed by atoms with Gasteiger partial charge in [-0.2, -0.15) is 13.2 Å². The molecule has 3 amide bonds. The van der Waals surface area contributed by atoms with E-state index in [1.165, 1.54) is 6.07 Å². The fraction of sp³-hybridized carbons (Fsp3) is 0.600. The van der Waals surface area contributed by atoms with Gasteiger partial charge in [0.2, 0.25) is 5.91 Å². The van der Waals surface area contributed by atoms with Crippen molar-refractivity contribution >= 4 is 11.9 Å². The third kappa shape index (κ3) is 5.62. The zero-order valence-corrected chi connectivity index (χ0v) is 15.7. The van der Waals surface area contributed by atoms with Crippen LogP contribution in [0.5, 0.6) is 0 Å². The molecule has 0 spiro atoms. The van der Waals surface area contributed by atoms with Gasteiger partial charge in [0, 0.05) is 31.6 Å². The van der Waals surface area contributed by atoms with Crippen molar-refractivity contribution in [2.45, 2.75) is 69.8 Å². The number of rotatable bonds is 5. The van der Waals surface area contributed by atoms with Crippen LogP contribution in [0.3, 0.4) is 0 Å². The lowest BCUT2D eigenvalue weighted by atomic mass is 9.90. The molecule has 2 unspecified atom stereocenters. The Morgan fingerprint density at radius 2 is 1.89 bits per heavy atom. The maximum atomic E-state index is 12.7. The summed E-state index contributed by atoms with van der Waals surface area (Å²) in [5.74, 6) is 0.191. The molecule has 5 nitrogen and oxygen atoms in total. The quantitative estimate of drug-likeness (QED) is 0.799. The molecular weight excluding hydrogens is 371 g/mol. The molecule has 1 saturated heterocycles. The molecule has 1 aromatic rings. The molecule has 2 aliphatic rings. The minimum atomic E-state index is -4.29. The molecule has 1 aromatic carbocycles. The molecule has 0 radical (unpaired) electrons. The number of alkyl halides is 3. The fourth-order valence-electron chi connectivity index (χ4n) is 4.16. The minimum Gasteiger partial charge on any atom is -0.340 e. The fourth-order valence-corrected chi connectivity index (χ4v) is 4.16. The van der Waals surface area contributed by atoms with E-state index >= 15 is 0 Å². The van der Waals surface area contributed by atoms with Gasteiger partial charge < -0.3 is 15.5 Å². The third-order valence-corrected chi connectivity index (χ3v) is 5.48. The van der Waals surface area contributed by atoms with E-state index in [-0.39, 0.29) is 36.1 Å². The van der Waals surface area contributed by atoms with Gasteiger partial charge in [-0.05, 0) is 43.2 Å². The van der Waals surface area contributed by atoms with Gasteiger partial charge in [0.1, 0.15) is 0 Å². The van der Waals surface area contributed by atoms with Crippen LogP contribution in [0.15, 0.2) is 24.3 Å². The van der Waals surface area contributed by atoms with Crippen LogP contribution in [0.25, 0.3) is 0 Å². The first kappa shape index (κ1) is 20.5. The van der Waals surface area contributed by atoms with Crippen LogP contribution in [0.1, 0.15) is 49.7 Å². The van der Waals surface area contributed by atoms with Gasteiger partial charge in [0.25, 0.3) is 0 Å². The van der Waals surface area contributed by atoms with E-state index in [9.17, 15) is 22.8 Å². The zero-order valence-electron chi connectivity index (χ0n) is 15.7. The highest BCUT2D eigenvalue weighted by Crippen LogP contribution is 2.27. The van der Waals surface area contributed by atoms with E-state index in [1.54, 1.807) is 18.2 Å². The van der Waals surface area contributed by atoms with Crippen molar-refractivity contribution in [3.63, 3.8) is 0 Å². The number of nitrogens with zero attached hydrogens (tertiary/aromatic N) is 1. The van der Waals surface area contributed by atoms with E-state index in [2.05, 4.69) is 10.6 Å². The maximum absolute atomic E-state index is 12.7. The molecule has 1 aliphatic carbocycles. The predicted molar refractivity (Wildman–Crippen MR) is 98.6 cm³/mol. The molecule has 2 atom stereocenters. The van der Waals surface area contributed by atoms with Crippen LogP contribution in [0, 0.1) is 0 Å². The summed E-state index contributed by atoms with van der Waals surface area (Å²) in [6.07, 6.45) is -0.342. The number of urea groups is 1. The number of nitrogens with one attached hydrogen (secondary N) is 2. The Morgan fingerprint density at radius 1 is 1.14 bits per heavy atom. The van der Waals surface area contributed by atoms with Gasteiger partial charge in [-0.25, -0.2) is 4.79 Å². The molecule has 8 heteroatoms. The Morgan fingerprint density at radius 3 is 2.57 bits per heavy atom. The van der Waals surface area contributed by atoms with Crippen molar-refractivity contribution in [3.05, 3.63) is 35.4 Å². The number of hydrogen-bond donors (Lipinski definition) is 2. The monoisotopic (exact) mass is 397 g/mol. The van der Waals surface area contributed by atoms with E-state index in [0.717, 1.165) is 38.6 Å². The highest BCUT2D eigenvalue weighted by Gasteiger charge is 2.32. The van der Waals surface area contributed by atoms with Crippen LogP contribution >= 0.6 is 0 Å². The van der Waals surface area contributed by atoms with Gasteiger partial charge >= 0.3 is 12.2 Å². The van der Waals surface area contributed by atoms with E-state index in [1.807, 2.05) is 4.90 Å². The van der Waals surface area contributed by atoms with Gasteiger partial charge in [-0.3, -0.25) is 4.79 Å². The van der Waals surface area contributed by atoms with Crippen molar-refractivity contribution < 1.29 is 22.8 Å². The summed E-state index contributed by atoms with van der Waals surface area (Å²) in [7, 11) is 0. The molecule has 1 aliphatic heterocycles. The first-order chi connectivity index (χ1) is 13.3. The minimum absolute atomic E-state index is 0.0300. The Bertz CT molecular complexity index is 708. The van der Waals surface area contributed by atoms with Crippen molar-refractivity contribution in [1.29, 1.82) is 0 Å². The Balaban J connectivity index is 1.50. The first-order valence-electron chi connectivity index (χ1n) is 9.79. The van der Waals surface area contributed by atoms with Crippen LogP contribution in [-0.2, 0) is 17.8 Å². The number of halogens is 3. The van der Waals surface area contributed by atoms with Crippen LogP contribution in [0.4, 0.5) is 18.0 Å². The standard InChI is InChI=1S/C20H26F3N3O2/c21-20(22,23)12-14-5-1-2-6-15(14)13-24-19(28)25-16-7-3-8-17(11-16)26-10-4-9-18(26)27/h1-2,5-6,16-17H,3-4,7-13H2,(H2,24,25,28). The van der Waals surface area contributed by atoms with Crippen molar-refractivity contribution in [3.8, 4) is 0 Å². The molecule has 3 rings (SSSR count). The number of hydrogen-bond acceptors (Lipinski definition) is 2. The largest absolute Gasteiger partial charge is 0.393 e. The second kappa shape index (κ2) is 8.84. The second-order valence-corrected chi connectivity index (χ2v) is 7.60. The highest BCUT2D eigenvalue weighted by atomic mass is 19.4. The van der Waals surface area contributed by atoms with Gasteiger partial charge in [0.05, 0.1) is 6.42 Å². The molecule has 2 N–H and O–H groups in total. The summed E-state index contributed by atoms with van der Waals surface area (Å²) in [6.45, 7) is 0.831. The lowest BCUT2D eigenvalue weighted by molar-refractivity contribution is -0.130. The summed E-state index contributed by atoms with van der Waals surface area (Å²) < 4.78 is 38.1. The molecule has 0 aromatic heterocycles. The SMILES string of the molecule is O=C(NCc1ccccc1CC(F)(F)F)NC1CCCC(N2CCCC2=O)C1. The molecule has 154 valence electrons. The molecule has 2 fully saturated rings. The normalized spacial score (nSPS) is 23.0. The van der Waals surface area contributed by atoms with Crippen LogP contribution in [0.2, 0.25) is 0 Å². The number of carbonyl (C=O) groups is 2. The average molecular weight is 397 g/mol. The lowest BCUT2D eigenvalue weighted by Crippen LogP contribution is -2.48. The number of carbonyl (C=O) groups excluding carboxylic acids is 2. The summed E-state index contributed by atoms with van der Waals surface area (Å²) in [4.78, 5) is 26.1. The highest BCUT2D eigenvalue weighted by molar-refractivity contribution is 5.78. The smallest absolute Gasteiger partial charge is 0.340 e. The average Bonchev–Trinajstić information content (AvgIpc) is 3.06. The number of benzene rings is 1. The second-order valence-electron chi connectivity index (χ2n) is 7.60. The summed E-state index contributed by atoms with van der Waals surface area (Å²) >= 11 is 0. The lowest BCUT2D eigenvalue weighted by Gasteiger charge is -2.35. The van der Waals surface area contributed by atoms with Gasteiger partial charge in [-0.15, -0.1) is 0 Å². The first-order valence-corrected chi connectivity index (χ1v) is 9.79. The van der Waals surface area contributed by atoms with E-state index in [4.69, 9.17) is 0 Å². The molecule has 28 heavy (non-hydrogen) atoms. The molecular formula is C20H26F3N3O2. The molecule has 1 saturated carbocycles. The molecule has 1 heterocycles. The zero-order chi connectivity index (χ0) is 20.1. The number of amides is 3. The Hall–Kier alpha value is -2.25. The Labute approximate surface area is 162 Å².